The summed E-state index contributed by atoms with van der Waals surface area (Å²) in [5.41, 5.74) is 2.41. The van der Waals surface area contributed by atoms with E-state index in [1.54, 1.807) is 16.9 Å². The predicted octanol–water partition coefficient (Wildman–Crippen LogP) is 4.36. The van der Waals surface area contributed by atoms with Crippen LogP contribution in [-0.2, 0) is 19.9 Å². The number of halogens is 1. The number of oxazole rings is 1. The molecule has 1 saturated heterocycles. The fraction of sp³-hybridized carbons (Fsp3) is 0.458. The molecule has 0 N–H and O–H groups in total. The minimum Gasteiger partial charge on any atom is -0.445 e. The van der Waals surface area contributed by atoms with Crippen molar-refractivity contribution in [2.45, 2.75) is 45.4 Å². The number of amides is 1. The topological polar surface area (TPSA) is 64.2 Å². The third kappa shape index (κ3) is 5.03. The largest absolute Gasteiger partial charge is 0.445 e. The standard InChI is InChI=1S/C24H29FN4O2/c1-16(2)10-20-13-22(28(3)27-20)24(30)29-9-5-7-18(15-29)23-26-14-21(31-23)12-17-6-4-8-19(25)11-17/h4,6,8,11,13-14,16,18H,5,7,9-10,12,15H2,1-3H3. The van der Waals surface area contributed by atoms with E-state index in [-0.39, 0.29) is 17.6 Å². The molecule has 2 aromatic heterocycles. The van der Waals surface area contributed by atoms with Gasteiger partial charge >= 0.3 is 0 Å². The zero-order valence-corrected chi connectivity index (χ0v) is 18.3. The molecule has 1 fully saturated rings. The molecule has 0 bridgehead atoms. The highest BCUT2D eigenvalue weighted by Crippen LogP contribution is 2.28. The summed E-state index contributed by atoms with van der Waals surface area (Å²) in [5, 5.41) is 4.50. The number of benzene rings is 1. The molecule has 1 amide bonds. The number of carbonyl (C=O) groups is 1. The van der Waals surface area contributed by atoms with E-state index in [9.17, 15) is 9.18 Å². The molecule has 0 aliphatic carbocycles. The second-order valence-electron chi connectivity index (χ2n) is 8.80. The average Bonchev–Trinajstić information content (AvgIpc) is 3.33. The fourth-order valence-electron chi connectivity index (χ4n) is 4.21. The number of hydrogen-bond donors (Lipinski definition) is 0. The van der Waals surface area contributed by atoms with Crippen LogP contribution in [0, 0.1) is 11.7 Å². The Morgan fingerprint density at radius 3 is 2.94 bits per heavy atom. The van der Waals surface area contributed by atoms with Crippen LogP contribution in [0.1, 0.15) is 66.0 Å². The minimum absolute atomic E-state index is 0.00115. The lowest BCUT2D eigenvalue weighted by Crippen LogP contribution is -2.40. The molecule has 1 aliphatic heterocycles. The van der Waals surface area contributed by atoms with Gasteiger partial charge in [0.05, 0.1) is 17.8 Å². The lowest BCUT2D eigenvalue weighted by Gasteiger charge is -2.31. The number of piperidine rings is 1. The highest BCUT2D eigenvalue weighted by atomic mass is 19.1. The third-order valence-electron chi connectivity index (χ3n) is 5.66. The Labute approximate surface area is 182 Å². The Balaban J connectivity index is 1.43. The van der Waals surface area contributed by atoms with Crippen LogP contribution in [0.4, 0.5) is 4.39 Å². The molecular formula is C24H29FN4O2. The molecule has 0 spiro atoms. The highest BCUT2D eigenvalue weighted by molar-refractivity contribution is 5.92. The monoisotopic (exact) mass is 424 g/mol. The zero-order chi connectivity index (χ0) is 22.0. The van der Waals surface area contributed by atoms with Gasteiger partial charge in [0.25, 0.3) is 5.91 Å². The summed E-state index contributed by atoms with van der Waals surface area (Å²) >= 11 is 0. The molecule has 3 aromatic rings. The third-order valence-corrected chi connectivity index (χ3v) is 5.66. The van der Waals surface area contributed by atoms with Crippen LogP contribution in [0.5, 0.6) is 0 Å². The smallest absolute Gasteiger partial charge is 0.272 e. The maximum atomic E-state index is 13.4. The average molecular weight is 425 g/mol. The number of aryl methyl sites for hydroxylation is 1. The number of hydrogen-bond acceptors (Lipinski definition) is 4. The molecule has 0 saturated carbocycles. The van der Waals surface area contributed by atoms with Crippen molar-refractivity contribution in [1.82, 2.24) is 19.7 Å². The van der Waals surface area contributed by atoms with Crippen molar-refractivity contribution in [1.29, 1.82) is 0 Å². The van der Waals surface area contributed by atoms with Crippen molar-refractivity contribution < 1.29 is 13.6 Å². The van der Waals surface area contributed by atoms with Crippen LogP contribution in [0.15, 0.2) is 40.9 Å². The van der Waals surface area contributed by atoms with Crippen molar-refractivity contribution in [3.63, 3.8) is 0 Å². The first-order chi connectivity index (χ1) is 14.9. The van der Waals surface area contributed by atoms with Gasteiger partial charge in [-0.25, -0.2) is 9.37 Å². The molecule has 1 aromatic carbocycles. The first kappa shape index (κ1) is 21.3. The Morgan fingerprint density at radius 1 is 1.32 bits per heavy atom. The van der Waals surface area contributed by atoms with Crippen molar-refractivity contribution in [3.05, 3.63) is 70.9 Å². The van der Waals surface area contributed by atoms with Crippen LogP contribution >= 0.6 is 0 Å². The van der Waals surface area contributed by atoms with E-state index in [1.807, 2.05) is 24.1 Å². The van der Waals surface area contributed by atoms with Crippen LogP contribution in [0.25, 0.3) is 0 Å². The molecule has 7 heteroatoms. The number of aromatic nitrogens is 3. The maximum absolute atomic E-state index is 13.4. The SMILES string of the molecule is CC(C)Cc1cc(C(=O)N2CCCC(c3ncc(Cc4cccc(F)c4)o3)C2)n(C)n1. The van der Waals surface area contributed by atoms with Gasteiger partial charge in [-0.3, -0.25) is 9.48 Å². The van der Waals surface area contributed by atoms with Crippen molar-refractivity contribution in [3.8, 4) is 0 Å². The van der Waals surface area contributed by atoms with Crippen LogP contribution in [0.2, 0.25) is 0 Å². The summed E-state index contributed by atoms with van der Waals surface area (Å²) in [5.74, 6) is 1.64. The van der Waals surface area contributed by atoms with Crippen molar-refractivity contribution in [2.75, 3.05) is 13.1 Å². The van der Waals surface area contributed by atoms with Crippen LogP contribution < -0.4 is 0 Å². The van der Waals surface area contributed by atoms with Gasteiger partial charge in [0.15, 0.2) is 5.89 Å². The highest BCUT2D eigenvalue weighted by Gasteiger charge is 2.30. The maximum Gasteiger partial charge on any atom is 0.272 e. The molecular weight excluding hydrogens is 395 g/mol. The van der Waals surface area contributed by atoms with Gasteiger partial charge in [0.2, 0.25) is 0 Å². The van der Waals surface area contributed by atoms with Gasteiger partial charge in [0, 0.05) is 26.6 Å². The van der Waals surface area contributed by atoms with E-state index in [0.29, 0.717) is 36.2 Å². The lowest BCUT2D eigenvalue weighted by molar-refractivity contribution is 0.0686. The molecule has 1 atom stereocenters. The molecule has 3 heterocycles. The minimum atomic E-state index is -0.259. The summed E-state index contributed by atoms with van der Waals surface area (Å²) in [6.07, 6.45) is 4.88. The second kappa shape index (κ2) is 9.04. The van der Waals surface area contributed by atoms with Crippen molar-refractivity contribution >= 4 is 5.91 Å². The van der Waals surface area contributed by atoms with Crippen molar-refractivity contribution in [2.24, 2.45) is 13.0 Å². The zero-order valence-electron chi connectivity index (χ0n) is 18.3. The predicted molar refractivity (Wildman–Crippen MR) is 115 cm³/mol. The van der Waals surface area contributed by atoms with Gasteiger partial charge < -0.3 is 9.32 Å². The van der Waals surface area contributed by atoms with E-state index >= 15 is 0 Å². The Bertz CT molecular complexity index is 1060. The molecule has 4 rings (SSSR count). The van der Waals surface area contributed by atoms with Crippen LogP contribution in [0.3, 0.4) is 0 Å². The summed E-state index contributed by atoms with van der Waals surface area (Å²) in [6, 6.07) is 8.40. The Kier molecular flexibility index (Phi) is 6.20. The second-order valence-corrected chi connectivity index (χ2v) is 8.80. The molecule has 31 heavy (non-hydrogen) atoms. The van der Waals surface area contributed by atoms with Gasteiger partial charge in [0.1, 0.15) is 17.3 Å². The molecule has 1 aliphatic rings. The van der Waals surface area contributed by atoms with E-state index in [2.05, 4.69) is 23.9 Å². The summed E-state index contributed by atoms with van der Waals surface area (Å²) in [4.78, 5) is 19.5. The van der Waals surface area contributed by atoms with Gasteiger partial charge in [-0.1, -0.05) is 26.0 Å². The normalized spacial score (nSPS) is 16.8. The summed E-state index contributed by atoms with van der Waals surface area (Å²) < 4.78 is 21.1. The lowest BCUT2D eigenvalue weighted by atomic mass is 9.97. The summed E-state index contributed by atoms with van der Waals surface area (Å²) in [7, 11) is 1.82. The Hall–Kier alpha value is -2.96. The Morgan fingerprint density at radius 2 is 2.16 bits per heavy atom. The molecule has 164 valence electrons. The van der Waals surface area contributed by atoms with E-state index in [0.717, 1.165) is 37.1 Å². The number of nitrogens with zero attached hydrogens (tertiary/aromatic N) is 4. The first-order valence-corrected chi connectivity index (χ1v) is 10.9. The fourth-order valence-corrected chi connectivity index (χ4v) is 4.21. The van der Waals surface area contributed by atoms with Gasteiger partial charge in [-0.15, -0.1) is 0 Å². The first-order valence-electron chi connectivity index (χ1n) is 10.9. The molecule has 1 unspecified atom stereocenters. The van der Waals surface area contributed by atoms with Gasteiger partial charge in [-0.05, 0) is 48.9 Å². The number of rotatable bonds is 6. The van der Waals surface area contributed by atoms with E-state index in [1.165, 1.54) is 12.1 Å². The van der Waals surface area contributed by atoms with E-state index in [4.69, 9.17) is 4.42 Å². The summed E-state index contributed by atoms with van der Waals surface area (Å²) in [6.45, 7) is 5.58. The van der Waals surface area contributed by atoms with Gasteiger partial charge in [-0.2, -0.15) is 5.10 Å². The molecule has 6 nitrogen and oxygen atoms in total. The number of carbonyl (C=O) groups excluding carboxylic acids is 1. The molecule has 0 radical (unpaired) electrons. The quantitative estimate of drug-likeness (QED) is 0.590. The number of likely N-dealkylation sites (tertiary alicyclic amines) is 1. The van der Waals surface area contributed by atoms with Crippen LogP contribution in [-0.4, -0.2) is 38.7 Å². The van der Waals surface area contributed by atoms with E-state index < -0.39 is 0 Å².